The predicted octanol–water partition coefficient (Wildman–Crippen LogP) is 2.30. The molecule has 0 aliphatic heterocycles. The second-order valence-electron chi connectivity index (χ2n) is 3.78. The summed E-state index contributed by atoms with van der Waals surface area (Å²) < 4.78 is 13.4. The number of halogens is 1. The lowest BCUT2D eigenvalue weighted by molar-refractivity contribution is 0.102. The van der Waals surface area contributed by atoms with Gasteiger partial charge in [0.05, 0.1) is 5.69 Å². The minimum atomic E-state index is -0.469. The monoisotopic (exact) mass is 233 g/mol. The van der Waals surface area contributed by atoms with Gasteiger partial charge in [0.25, 0.3) is 5.91 Å². The maximum atomic E-state index is 13.4. The SMILES string of the molecule is Cc1ccc(F)c(NC(=O)c2cc(N)c[nH]2)c1. The van der Waals surface area contributed by atoms with Gasteiger partial charge < -0.3 is 16.0 Å². The maximum Gasteiger partial charge on any atom is 0.272 e. The van der Waals surface area contributed by atoms with Gasteiger partial charge >= 0.3 is 0 Å². The molecule has 2 rings (SSSR count). The van der Waals surface area contributed by atoms with Gasteiger partial charge in [0.15, 0.2) is 0 Å². The van der Waals surface area contributed by atoms with E-state index < -0.39 is 11.7 Å². The van der Waals surface area contributed by atoms with Gasteiger partial charge in [-0.15, -0.1) is 0 Å². The smallest absolute Gasteiger partial charge is 0.272 e. The number of hydrogen-bond acceptors (Lipinski definition) is 2. The third-order valence-electron chi connectivity index (χ3n) is 2.32. The van der Waals surface area contributed by atoms with E-state index in [4.69, 9.17) is 5.73 Å². The van der Waals surface area contributed by atoms with Crippen molar-refractivity contribution in [3.63, 3.8) is 0 Å². The highest BCUT2D eigenvalue weighted by Gasteiger charge is 2.10. The van der Waals surface area contributed by atoms with Gasteiger partial charge in [-0.1, -0.05) is 6.07 Å². The largest absolute Gasteiger partial charge is 0.397 e. The molecule has 0 aliphatic carbocycles. The molecule has 5 heteroatoms. The number of anilines is 2. The molecule has 0 aliphatic rings. The van der Waals surface area contributed by atoms with E-state index >= 15 is 0 Å². The van der Waals surface area contributed by atoms with Crippen LogP contribution < -0.4 is 11.1 Å². The Morgan fingerprint density at radius 1 is 1.41 bits per heavy atom. The number of nitrogens with two attached hydrogens (primary N) is 1. The van der Waals surface area contributed by atoms with Crippen molar-refractivity contribution in [1.29, 1.82) is 0 Å². The number of aromatic nitrogens is 1. The zero-order valence-electron chi connectivity index (χ0n) is 9.25. The zero-order chi connectivity index (χ0) is 12.4. The molecule has 0 fully saturated rings. The van der Waals surface area contributed by atoms with Crippen LogP contribution in [0.15, 0.2) is 30.5 Å². The average molecular weight is 233 g/mol. The molecule has 0 spiro atoms. The first-order valence-corrected chi connectivity index (χ1v) is 5.07. The number of nitrogen functional groups attached to an aromatic ring is 1. The fraction of sp³-hybridized carbons (Fsp3) is 0.0833. The van der Waals surface area contributed by atoms with Crippen LogP contribution in [-0.2, 0) is 0 Å². The quantitative estimate of drug-likeness (QED) is 0.744. The van der Waals surface area contributed by atoms with Crippen molar-refractivity contribution in [2.75, 3.05) is 11.1 Å². The Kier molecular flexibility index (Phi) is 2.82. The molecule has 0 saturated heterocycles. The van der Waals surface area contributed by atoms with Crippen LogP contribution in [0.3, 0.4) is 0 Å². The van der Waals surface area contributed by atoms with Crippen LogP contribution in [0.1, 0.15) is 16.1 Å². The number of aryl methyl sites for hydroxylation is 1. The Morgan fingerprint density at radius 2 is 2.18 bits per heavy atom. The lowest BCUT2D eigenvalue weighted by Gasteiger charge is -2.05. The van der Waals surface area contributed by atoms with Crippen LogP contribution >= 0.6 is 0 Å². The summed E-state index contributed by atoms with van der Waals surface area (Å²) >= 11 is 0. The van der Waals surface area contributed by atoms with Gasteiger partial charge in [-0.2, -0.15) is 0 Å². The first kappa shape index (κ1) is 11.2. The molecule has 2 aromatic rings. The van der Waals surface area contributed by atoms with E-state index in [-0.39, 0.29) is 5.69 Å². The molecule has 0 radical (unpaired) electrons. The van der Waals surface area contributed by atoms with Gasteiger partial charge in [-0.25, -0.2) is 4.39 Å². The minimum Gasteiger partial charge on any atom is -0.397 e. The first-order chi connectivity index (χ1) is 8.06. The fourth-order valence-electron chi connectivity index (χ4n) is 1.47. The minimum absolute atomic E-state index is 0.156. The first-order valence-electron chi connectivity index (χ1n) is 5.07. The van der Waals surface area contributed by atoms with E-state index in [1.54, 1.807) is 12.1 Å². The van der Waals surface area contributed by atoms with E-state index in [0.717, 1.165) is 5.56 Å². The Morgan fingerprint density at radius 3 is 2.82 bits per heavy atom. The van der Waals surface area contributed by atoms with Crippen molar-refractivity contribution in [2.24, 2.45) is 0 Å². The topological polar surface area (TPSA) is 70.9 Å². The van der Waals surface area contributed by atoms with E-state index in [2.05, 4.69) is 10.3 Å². The zero-order valence-corrected chi connectivity index (χ0v) is 9.25. The van der Waals surface area contributed by atoms with Gasteiger partial charge in [-0.05, 0) is 30.7 Å². The van der Waals surface area contributed by atoms with Crippen molar-refractivity contribution < 1.29 is 9.18 Å². The summed E-state index contributed by atoms with van der Waals surface area (Å²) in [4.78, 5) is 14.4. The van der Waals surface area contributed by atoms with Crippen LogP contribution in [0.4, 0.5) is 15.8 Å². The Labute approximate surface area is 97.6 Å². The van der Waals surface area contributed by atoms with Crippen molar-refractivity contribution in [1.82, 2.24) is 4.98 Å². The van der Waals surface area contributed by atoms with Crippen molar-refractivity contribution in [3.05, 3.63) is 47.5 Å². The molecule has 88 valence electrons. The lowest BCUT2D eigenvalue weighted by atomic mass is 10.2. The van der Waals surface area contributed by atoms with Gasteiger partial charge in [0.2, 0.25) is 0 Å². The van der Waals surface area contributed by atoms with E-state index in [9.17, 15) is 9.18 Å². The van der Waals surface area contributed by atoms with Gasteiger partial charge in [0, 0.05) is 11.9 Å². The molecule has 4 N–H and O–H groups in total. The second-order valence-corrected chi connectivity index (χ2v) is 3.78. The van der Waals surface area contributed by atoms with Crippen LogP contribution in [0, 0.1) is 12.7 Å². The number of hydrogen-bond donors (Lipinski definition) is 3. The van der Waals surface area contributed by atoms with Crippen molar-refractivity contribution >= 4 is 17.3 Å². The highest BCUT2D eigenvalue weighted by molar-refractivity contribution is 6.03. The molecule has 4 nitrogen and oxygen atoms in total. The predicted molar refractivity (Wildman–Crippen MR) is 64.3 cm³/mol. The summed E-state index contributed by atoms with van der Waals surface area (Å²) in [5.74, 6) is -0.894. The van der Waals surface area contributed by atoms with Crippen LogP contribution in [-0.4, -0.2) is 10.9 Å². The lowest BCUT2D eigenvalue weighted by Crippen LogP contribution is -2.13. The highest BCUT2D eigenvalue weighted by atomic mass is 19.1. The number of carbonyl (C=O) groups excluding carboxylic acids is 1. The molecule has 0 bridgehead atoms. The molecule has 17 heavy (non-hydrogen) atoms. The van der Waals surface area contributed by atoms with E-state index in [1.807, 2.05) is 6.92 Å². The molecular formula is C12H12FN3O. The summed E-state index contributed by atoms with van der Waals surface area (Å²) in [6, 6.07) is 6.01. The van der Waals surface area contributed by atoms with Crippen LogP contribution in [0.2, 0.25) is 0 Å². The Hall–Kier alpha value is -2.30. The number of nitrogens with one attached hydrogen (secondary N) is 2. The van der Waals surface area contributed by atoms with E-state index in [1.165, 1.54) is 18.3 Å². The Balaban J connectivity index is 2.21. The summed E-state index contributed by atoms with van der Waals surface area (Å²) in [7, 11) is 0. The molecule has 1 amide bonds. The fourth-order valence-corrected chi connectivity index (χ4v) is 1.47. The number of H-pyrrole nitrogens is 1. The van der Waals surface area contributed by atoms with Crippen LogP contribution in [0.25, 0.3) is 0 Å². The van der Waals surface area contributed by atoms with Crippen molar-refractivity contribution in [3.8, 4) is 0 Å². The van der Waals surface area contributed by atoms with E-state index in [0.29, 0.717) is 11.4 Å². The van der Waals surface area contributed by atoms with Gasteiger partial charge in [-0.3, -0.25) is 4.79 Å². The maximum absolute atomic E-state index is 13.4. The number of aromatic amines is 1. The summed E-state index contributed by atoms with van der Waals surface area (Å²) in [5, 5.41) is 2.48. The number of benzene rings is 1. The molecule has 1 aromatic heterocycles. The number of amides is 1. The average Bonchev–Trinajstić information content (AvgIpc) is 2.70. The van der Waals surface area contributed by atoms with Crippen LogP contribution in [0.5, 0.6) is 0 Å². The molecule has 0 unspecified atom stereocenters. The number of rotatable bonds is 2. The summed E-state index contributed by atoms with van der Waals surface area (Å²) in [6.45, 7) is 1.82. The van der Waals surface area contributed by atoms with Crippen molar-refractivity contribution in [2.45, 2.75) is 6.92 Å². The number of carbonyl (C=O) groups is 1. The van der Waals surface area contributed by atoms with Gasteiger partial charge in [0.1, 0.15) is 11.5 Å². The highest BCUT2D eigenvalue weighted by Crippen LogP contribution is 2.17. The molecule has 0 saturated carbocycles. The third-order valence-corrected chi connectivity index (χ3v) is 2.32. The summed E-state index contributed by atoms with van der Waals surface area (Å²) in [6.07, 6.45) is 1.50. The third kappa shape index (κ3) is 2.44. The summed E-state index contributed by atoms with van der Waals surface area (Å²) in [5.41, 5.74) is 7.26. The second kappa shape index (κ2) is 4.29. The Bertz CT molecular complexity index is 563. The normalized spacial score (nSPS) is 10.2. The molecule has 1 aromatic carbocycles. The molecule has 0 atom stereocenters. The molecule has 1 heterocycles. The standard InChI is InChI=1S/C12H12FN3O/c1-7-2-3-9(13)10(4-7)16-12(17)11-5-8(14)6-15-11/h2-6,15H,14H2,1H3,(H,16,17). The molecular weight excluding hydrogens is 221 g/mol.